The first-order valence-electron chi connectivity index (χ1n) is 5.75. The second-order valence-corrected chi connectivity index (χ2v) is 4.35. The quantitative estimate of drug-likeness (QED) is 0.779. The van der Waals surface area contributed by atoms with E-state index < -0.39 is 0 Å². The Balaban J connectivity index is 1.82. The first-order chi connectivity index (χ1) is 8.16. The molecule has 1 aromatic heterocycles. The molecule has 0 spiro atoms. The van der Waals surface area contributed by atoms with Crippen LogP contribution in [0.25, 0.3) is 0 Å². The molecule has 2 N–H and O–H groups in total. The Morgan fingerprint density at radius 2 is 2.12 bits per heavy atom. The zero-order chi connectivity index (χ0) is 12.3. The highest BCUT2D eigenvalue weighted by molar-refractivity contribution is 5.95. The molecule has 0 radical (unpaired) electrons. The molecular weight excluding hydrogens is 220 g/mol. The number of piperidine rings is 1. The van der Waals surface area contributed by atoms with Gasteiger partial charge >= 0.3 is 0 Å². The van der Waals surface area contributed by atoms with Gasteiger partial charge in [-0.15, -0.1) is 0 Å². The summed E-state index contributed by atoms with van der Waals surface area (Å²) in [5, 5.41) is 0. The van der Waals surface area contributed by atoms with Gasteiger partial charge in [-0.25, -0.2) is 0 Å². The van der Waals surface area contributed by atoms with Gasteiger partial charge < -0.3 is 10.2 Å². The largest absolute Gasteiger partial charge is 0.461 e. The highest BCUT2D eigenvalue weighted by Crippen LogP contribution is 2.17. The highest BCUT2D eigenvalue weighted by Gasteiger charge is 2.24. The number of carbonyl (C=O) groups excluding carboxylic acids is 2. The van der Waals surface area contributed by atoms with Crippen molar-refractivity contribution in [1.29, 1.82) is 0 Å². The van der Waals surface area contributed by atoms with E-state index in [1.54, 1.807) is 12.1 Å². The Bertz CT molecular complexity index is 392. The first-order valence-corrected chi connectivity index (χ1v) is 5.75. The molecule has 5 nitrogen and oxygen atoms in total. The maximum Gasteiger partial charge on any atom is 0.220 e. The molecule has 92 valence electrons. The molecule has 1 aromatic rings. The summed E-state index contributed by atoms with van der Waals surface area (Å²) in [6.07, 6.45) is 2.97. The third-order valence-electron chi connectivity index (χ3n) is 3.15. The molecule has 0 bridgehead atoms. The van der Waals surface area contributed by atoms with Crippen molar-refractivity contribution in [2.24, 2.45) is 11.7 Å². The van der Waals surface area contributed by atoms with Gasteiger partial charge in [-0.2, -0.15) is 0 Å². The number of rotatable bonds is 4. The predicted molar refractivity (Wildman–Crippen MR) is 61.4 cm³/mol. The van der Waals surface area contributed by atoms with E-state index in [1.807, 2.05) is 4.90 Å². The average Bonchev–Trinajstić information content (AvgIpc) is 2.83. The number of carbonyl (C=O) groups is 2. The SMILES string of the molecule is NC(=O)C1CCN(CC(=O)c2ccco2)CC1. The Kier molecular flexibility index (Phi) is 3.58. The summed E-state index contributed by atoms with van der Waals surface area (Å²) in [6, 6.07) is 3.37. The minimum Gasteiger partial charge on any atom is -0.461 e. The number of primary amides is 1. The van der Waals surface area contributed by atoms with Gasteiger partial charge in [0.1, 0.15) is 0 Å². The molecule has 1 fully saturated rings. The molecule has 1 amide bonds. The van der Waals surface area contributed by atoms with Crippen molar-refractivity contribution in [2.45, 2.75) is 12.8 Å². The van der Waals surface area contributed by atoms with Crippen LogP contribution >= 0.6 is 0 Å². The summed E-state index contributed by atoms with van der Waals surface area (Å²) in [5.41, 5.74) is 5.25. The molecule has 0 aromatic carbocycles. The number of Topliss-reactive ketones (excluding diaryl/α,β-unsaturated/α-hetero) is 1. The second-order valence-electron chi connectivity index (χ2n) is 4.35. The van der Waals surface area contributed by atoms with E-state index in [4.69, 9.17) is 10.2 Å². The van der Waals surface area contributed by atoms with Crippen molar-refractivity contribution in [3.63, 3.8) is 0 Å². The number of nitrogens with two attached hydrogens (primary N) is 1. The number of amides is 1. The molecule has 1 aliphatic heterocycles. The van der Waals surface area contributed by atoms with E-state index in [-0.39, 0.29) is 17.6 Å². The normalized spacial score (nSPS) is 18.1. The minimum atomic E-state index is -0.234. The molecular formula is C12H16N2O3. The third kappa shape index (κ3) is 2.94. The third-order valence-corrected chi connectivity index (χ3v) is 3.15. The fourth-order valence-corrected chi connectivity index (χ4v) is 2.09. The van der Waals surface area contributed by atoms with Gasteiger partial charge in [-0.1, -0.05) is 0 Å². The Hall–Kier alpha value is -1.62. The fraction of sp³-hybridized carbons (Fsp3) is 0.500. The molecule has 2 rings (SSSR count). The second kappa shape index (κ2) is 5.14. The molecule has 0 unspecified atom stereocenters. The zero-order valence-corrected chi connectivity index (χ0v) is 9.59. The number of hydrogen-bond donors (Lipinski definition) is 1. The van der Waals surface area contributed by atoms with E-state index in [9.17, 15) is 9.59 Å². The number of furan rings is 1. The van der Waals surface area contributed by atoms with Gasteiger partial charge in [0.25, 0.3) is 0 Å². The lowest BCUT2D eigenvalue weighted by molar-refractivity contribution is -0.123. The smallest absolute Gasteiger partial charge is 0.220 e. The fourth-order valence-electron chi connectivity index (χ4n) is 2.09. The van der Waals surface area contributed by atoms with Crippen LogP contribution in [0.3, 0.4) is 0 Å². The average molecular weight is 236 g/mol. The Labute approximate surface area is 99.6 Å². The van der Waals surface area contributed by atoms with Crippen LogP contribution in [0.5, 0.6) is 0 Å². The zero-order valence-electron chi connectivity index (χ0n) is 9.59. The maximum absolute atomic E-state index is 11.8. The molecule has 0 atom stereocenters. The van der Waals surface area contributed by atoms with E-state index in [1.165, 1.54) is 6.26 Å². The van der Waals surface area contributed by atoms with Crippen LogP contribution in [-0.4, -0.2) is 36.2 Å². The molecule has 2 heterocycles. The molecule has 1 saturated heterocycles. The maximum atomic E-state index is 11.8. The Morgan fingerprint density at radius 1 is 1.41 bits per heavy atom. The molecule has 0 aliphatic carbocycles. The summed E-state index contributed by atoms with van der Waals surface area (Å²) in [5.74, 6) is 0.0986. The van der Waals surface area contributed by atoms with Crippen molar-refractivity contribution in [3.05, 3.63) is 24.2 Å². The lowest BCUT2D eigenvalue weighted by Gasteiger charge is -2.29. The van der Waals surface area contributed by atoms with Crippen LogP contribution in [0.2, 0.25) is 0 Å². The minimum absolute atomic E-state index is 0.0208. The summed E-state index contributed by atoms with van der Waals surface area (Å²) >= 11 is 0. The number of likely N-dealkylation sites (tertiary alicyclic amines) is 1. The van der Waals surface area contributed by atoms with E-state index in [2.05, 4.69) is 0 Å². The molecule has 1 aliphatic rings. The van der Waals surface area contributed by atoms with Crippen molar-refractivity contribution < 1.29 is 14.0 Å². The first kappa shape index (κ1) is 11.9. The lowest BCUT2D eigenvalue weighted by atomic mass is 9.96. The van der Waals surface area contributed by atoms with Crippen LogP contribution in [0.4, 0.5) is 0 Å². The van der Waals surface area contributed by atoms with E-state index in [0.717, 1.165) is 25.9 Å². The van der Waals surface area contributed by atoms with Gasteiger partial charge in [0.05, 0.1) is 12.8 Å². The summed E-state index contributed by atoms with van der Waals surface area (Å²) in [7, 11) is 0. The topological polar surface area (TPSA) is 76.5 Å². The van der Waals surface area contributed by atoms with Gasteiger partial charge in [-0.3, -0.25) is 14.5 Å². The highest BCUT2D eigenvalue weighted by atomic mass is 16.3. The van der Waals surface area contributed by atoms with Gasteiger partial charge in [0, 0.05) is 5.92 Å². The molecule has 17 heavy (non-hydrogen) atoms. The number of ketones is 1. The van der Waals surface area contributed by atoms with Crippen LogP contribution in [0.1, 0.15) is 23.4 Å². The van der Waals surface area contributed by atoms with Gasteiger partial charge in [-0.05, 0) is 38.1 Å². The van der Waals surface area contributed by atoms with Crippen molar-refractivity contribution in [2.75, 3.05) is 19.6 Å². The number of hydrogen-bond acceptors (Lipinski definition) is 4. The molecule has 5 heteroatoms. The van der Waals surface area contributed by atoms with Crippen LogP contribution < -0.4 is 5.73 Å². The van der Waals surface area contributed by atoms with Crippen LogP contribution in [0.15, 0.2) is 22.8 Å². The van der Waals surface area contributed by atoms with E-state index >= 15 is 0 Å². The monoisotopic (exact) mass is 236 g/mol. The predicted octanol–water partition coefficient (Wildman–Crippen LogP) is 0.660. The van der Waals surface area contributed by atoms with Crippen molar-refractivity contribution >= 4 is 11.7 Å². The van der Waals surface area contributed by atoms with Crippen LogP contribution in [-0.2, 0) is 4.79 Å². The van der Waals surface area contributed by atoms with Crippen LogP contribution in [0, 0.1) is 5.92 Å². The van der Waals surface area contributed by atoms with Gasteiger partial charge in [0.2, 0.25) is 11.7 Å². The molecule has 0 saturated carbocycles. The summed E-state index contributed by atoms with van der Waals surface area (Å²) < 4.78 is 5.05. The van der Waals surface area contributed by atoms with E-state index in [0.29, 0.717) is 12.3 Å². The summed E-state index contributed by atoms with van der Waals surface area (Å²) in [6.45, 7) is 1.82. The van der Waals surface area contributed by atoms with Crippen molar-refractivity contribution in [1.82, 2.24) is 4.90 Å². The Morgan fingerprint density at radius 3 is 2.65 bits per heavy atom. The summed E-state index contributed by atoms with van der Waals surface area (Å²) in [4.78, 5) is 24.8. The number of nitrogens with zero attached hydrogens (tertiary/aromatic N) is 1. The van der Waals surface area contributed by atoms with Gasteiger partial charge in [0.15, 0.2) is 5.76 Å². The lowest BCUT2D eigenvalue weighted by Crippen LogP contribution is -2.40. The van der Waals surface area contributed by atoms with Crippen molar-refractivity contribution in [3.8, 4) is 0 Å². The standard InChI is InChI=1S/C12H16N2O3/c13-12(16)9-3-5-14(6-4-9)8-10(15)11-2-1-7-17-11/h1-2,7,9H,3-6,8H2,(H2,13,16).